The number of nitrogens with zero attached hydrogens (tertiary/aromatic N) is 1. The number of hydrogen-bond acceptors (Lipinski definition) is 4. The molecule has 0 aliphatic heterocycles. The molecule has 1 aromatic rings. The zero-order chi connectivity index (χ0) is 15.8. The largest absolute Gasteiger partial charge is 0.397 e. The number of rotatable bonds is 5. The lowest BCUT2D eigenvalue weighted by molar-refractivity contribution is -0.384. The van der Waals surface area contributed by atoms with Crippen LogP contribution in [0.1, 0.15) is 37.0 Å². The number of non-ortho nitro benzene ring substituents is 1. The molecule has 1 aliphatic carbocycles. The molecule has 2 rings (SSSR count). The smallest absolute Gasteiger partial charge is 0.271 e. The van der Waals surface area contributed by atoms with E-state index in [2.05, 4.69) is 19.2 Å². The number of nitrogens with two attached hydrogens (primary N) is 1. The lowest BCUT2D eigenvalue weighted by Crippen LogP contribution is -2.33. The maximum atomic E-state index is 12.2. The zero-order valence-corrected chi connectivity index (χ0v) is 12.7. The Kier molecular flexibility index (Phi) is 4.09. The van der Waals surface area contributed by atoms with Gasteiger partial charge in [0.1, 0.15) is 0 Å². The quantitative estimate of drug-likeness (QED) is 0.496. The molecule has 1 aromatic carbocycles. The second-order valence-corrected chi connectivity index (χ2v) is 6.25. The number of amides is 1. The van der Waals surface area contributed by atoms with Crippen LogP contribution in [-0.2, 0) is 0 Å². The van der Waals surface area contributed by atoms with Crippen molar-refractivity contribution in [1.82, 2.24) is 5.32 Å². The number of hydrogen-bond donors (Lipinski definition) is 2. The lowest BCUT2D eigenvalue weighted by atomic mass is 9.92. The summed E-state index contributed by atoms with van der Waals surface area (Å²) < 4.78 is 0. The molecule has 1 aliphatic rings. The van der Waals surface area contributed by atoms with E-state index in [1.165, 1.54) is 0 Å². The molecule has 0 radical (unpaired) electrons. The van der Waals surface area contributed by atoms with Gasteiger partial charge in [-0.15, -0.1) is 0 Å². The molecule has 0 saturated heterocycles. The van der Waals surface area contributed by atoms with E-state index in [9.17, 15) is 14.9 Å². The van der Waals surface area contributed by atoms with E-state index < -0.39 is 10.8 Å². The van der Waals surface area contributed by atoms with Crippen LogP contribution in [0.25, 0.3) is 0 Å². The number of nitro benzene ring substituents is 1. The predicted octanol–water partition coefficient (Wildman–Crippen LogP) is 3.00. The highest BCUT2D eigenvalue weighted by Gasteiger charge is 2.45. The Morgan fingerprint density at radius 3 is 2.62 bits per heavy atom. The number of nitrogen functional groups attached to an aromatic ring is 1. The van der Waals surface area contributed by atoms with Crippen molar-refractivity contribution in [3.63, 3.8) is 0 Å². The molecule has 3 N–H and O–H groups in total. The van der Waals surface area contributed by atoms with Gasteiger partial charge in [0.2, 0.25) is 0 Å². The molecule has 21 heavy (non-hydrogen) atoms. The van der Waals surface area contributed by atoms with Crippen molar-refractivity contribution in [2.24, 2.45) is 11.3 Å². The minimum atomic E-state index is -0.599. The highest BCUT2D eigenvalue weighted by atomic mass is 35.5. The Hall–Kier alpha value is -1.82. The monoisotopic (exact) mass is 311 g/mol. The summed E-state index contributed by atoms with van der Waals surface area (Å²) in [7, 11) is 0. The fourth-order valence-electron chi connectivity index (χ4n) is 2.37. The molecule has 0 spiro atoms. The van der Waals surface area contributed by atoms with Gasteiger partial charge in [0.05, 0.1) is 21.2 Å². The molecule has 0 aromatic heterocycles. The third-order valence-corrected chi connectivity index (χ3v) is 4.60. The van der Waals surface area contributed by atoms with E-state index in [1.807, 2.05) is 0 Å². The van der Waals surface area contributed by atoms with Crippen LogP contribution < -0.4 is 11.1 Å². The Labute approximate surface area is 127 Å². The Balaban J connectivity index is 2.17. The molecular formula is C14H18ClN3O3. The first-order valence-electron chi connectivity index (χ1n) is 6.78. The summed E-state index contributed by atoms with van der Waals surface area (Å²) in [5.41, 5.74) is 5.77. The summed E-state index contributed by atoms with van der Waals surface area (Å²) in [4.78, 5) is 22.4. The van der Waals surface area contributed by atoms with Crippen LogP contribution >= 0.6 is 11.6 Å². The van der Waals surface area contributed by atoms with Gasteiger partial charge in [-0.25, -0.2) is 0 Å². The Morgan fingerprint density at radius 1 is 1.52 bits per heavy atom. The first-order valence-corrected chi connectivity index (χ1v) is 7.16. The fourth-order valence-corrected chi connectivity index (χ4v) is 2.58. The van der Waals surface area contributed by atoms with Crippen LogP contribution in [0, 0.1) is 21.4 Å². The van der Waals surface area contributed by atoms with E-state index in [-0.39, 0.29) is 27.4 Å². The van der Waals surface area contributed by atoms with Crippen molar-refractivity contribution in [3.8, 4) is 0 Å². The van der Waals surface area contributed by atoms with Crippen LogP contribution in [0.3, 0.4) is 0 Å². The van der Waals surface area contributed by atoms with Crippen LogP contribution in [0.4, 0.5) is 11.4 Å². The van der Waals surface area contributed by atoms with Crippen molar-refractivity contribution in [3.05, 3.63) is 32.8 Å². The minimum absolute atomic E-state index is 0.0133. The number of nitro groups is 1. The van der Waals surface area contributed by atoms with Crippen molar-refractivity contribution < 1.29 is 9.72 Å². The molecular weight excluding hydrogens is 294 g/mol. The SMILES string of the molecule is CC(C)C1(CNC(=O)c2cc([N+](=O)[O-])cc(Cl)c2N)CC1. The summed E-state index contributed by atoms with van der Waals surface area (Å²) in [6.45, 7) is 4.79. The zero-order valence-electron chi connectivity index (χ0n) is 12.0. The maximum Gasteiger partial charge on any atom is 0.271 e. The summed E-state index contributed by atoms with van der Waals surface area (Å²) in [5.74, 6) is 0.0499. The minimum Gasteiger partial charge on any atom is -0.397 e. The topological polar surface area (TPSA) is 98.3 Å². The maximum absolute atomic E-state index is 12.2. The van der Waals surface area contributed by atoms with E-state index in [0.29, 0.717) is 12.5 Å². The van der Waals surface area contributed by atoms with Crippen molar-refractivity contribution in [2.75, 3.05) is 12.3 Å². The first-order chi connectivity index (χ1) is 9.77. The van der Waals surface area contributed by atoms with Crippen LogP contribution in [0.15, 0.2) is 12.1 Å². The van der Waals surface area contributed by atoms with Gasteiger partial charge in [-0.05, 0) is 24.2 Å². The standard InChI is InChI=1S/C14H18ClN3O3/c1-8(2)14(3-4-14)7-17-13(19)10-5-9(18(20)21)6-11(15)12(10)16/h5-6,8H,3-4,7,16H2,1-2H3,(H,17,19). The van der Waals surface area contributed by atoms with Gasteiger partial charge in [-0.2, -0.15) is 0 Å². The summed E-state index contributed by atoms with van der Waals surface area (Å²) in [6.07, 6.45) is 2.16. The molecule has 0 heterocycles. The summed E-state index contributed by atoms with van der Waals surface area (Å²) in [5, 5.41) is 13.7. The third kappa shape index (κ3) is 3.10. The van der Waals surface area contributed by atoms with E-state index in [1.54, 1.807) is 0 Å². The van der Waals surface area contributed by atoms with Crippen LogP contribution in [0.2, 0.25) is 5.02 Å². The van der Waals surface area contributed by atoms with Crippen molar-refractivity contribution in [2.45, 2.75) is 26.7 Å². The number of nitrogens with one attached hydrogen (secondary N) is 1. The first kappa shape index (κ1) is 15.6. The average Bonchev–Trinajstić information content (AvgIpc) is 3.20. The van der Waals surface area contributed by atoms with Gasteiger partial charge in [0.15, 0.2) is 0 Å². The van der Waals surface area contributed by atoms with E-state index in [0.717, 1.165) is 25.0 Å². The number of carbonyl (C=O) groups is 1. The van der Waals surface area contributed by atoms with E-state index in [4.69, 9.17) is 17.3 Å². The van der Waals surface area contributed by atoms with Crippen LogP contribution in [-0.4, -0.2) is 17.4 Å². The molecule has 1 saturated carbocycles. The molecule has 6 nitrogen and oxygen atoms in total. The van der Waals surface area contributed by atoms with Crippen molar-refractivity contribution >= 4 is 28.9 Å². The van der Waals surface area contributed by atoms with Gasteiger partial charge in [-0.3, -0.25) is 14.9 Å². The van der Waals surface area contributed by atoms with Crippen LogP contribution in [0.5, 0.6) is 0 Å². The van der Waals surface area contributed by atoms with Gasteiger partial charge in [-0.1, -0.05) is 25.4 Å². The molecule has 7 heteroatoms. The summed E-state index contributed by atoms with van der Waals surface area (Å²) >= 11 is 5.85. The van der Waals surface area contributed by atoms with Gasteiger partial charge in [0.25, 0.3) is 11.6 Å². The van der Waals surface area contributed by atoms with Crippen molar-refractivity contribution in [1.29, 1.82) is 0 Å². The summed E-state index contributed by atoms with van der Waals surface area (Å²) in [6, 6.07) is 2.30. The number of benzene rings is 1. The van der Waals surface area contributed by atoms with Gasteiger partial charge >= 0.3 is 0 Å². The number of halogens is 1. The Morgan fingerprint density at radius 2 is 2.14 bits per heavy atom. The van der Waals surface area contributed by atoms with Gasteiger partial charge in [0, 0.05) is 18.7 Å². The highest BCUT2D eigenvalue weighted by Crippen LogP contribution is 2.51. The molecule has 114 valence electrons. The van der Waals surface area contributed by atoms with Gasteiger partial charge < -0.3 is 11.1 Å². The second kappa shape index (κ2) is 5.52. The number of carbonyl (C=O) groups excluding carboxylic acids is 1. The molecule has 0 atom stereocenters. The molecule has 1 amide bonds. The Bertz CT molecular complexity index is 597. The predicted molar refractivity (Wildman–Crippen MR) is 81.4 cm³/mol. The third-order valence-electron chi connectivity index (χ3n) is 4.29. The highest BCUT2D eigenvalue weighted by molar-refractivity contribution is 6.34. The average molecular weight is 312 g/mol. The number of anilines is 1. The fraction of sp³-hybridized carbons (Fsp3) is 0.500. The normalized spacial score (nSPS) is 15.8. The second-order valence-electron chi connectivity index (χ2n) is 5.85. The van der Waals surface area contributed by atoms with E-state index >= 15 is 0 Å². The molecule has 1 fully saturated rings. The molecule has 0 bridgehead atoms. The lowest BCUT2D eigenvalue weighted by Gasteiger charge is -2.20. The molecule has 0 unspecified atom stereocenters.